The van der Waals surface area contributed by atoms with Crippen molar-refractivity contribution in [2.45, 2.75) is 39.2 Å². The third-order valence-corrected chi connectivity index (χ3v) is 5.01. The van der Waals surface area contributed by atoms with Crippen LogP contribution in [0.2, 0.25) is 0 Å². The zero-order valence-corrected chi connectivity index (χ0v) is 13.0. The first kappa shape index (κ1) is 13.7. The van der Waals surface area contributed by atoms with E-state index in [1.807, 2.05) is 12.1 Å². The molecule has 0 aliphatic heterocycles. The standard InChI is InChI=1S/C16H22N2OS/c1-11-5-3-4-6-12(11)10-18-15-9-13(19-2)7-8-14(15)17-16(18)20/h7-9,11-12H,3-6,10H2,1-2H3,(H,17,20). The van der Waals surface area contributed by atoms with Gasteiger partial charge in [0.25, 0.3) is 0 Å². The summed E-state index contributed by atoms with van der Waals surface area (Å²) in [7, 11) is 1.70. The fourth-order valence-corrected chi connectivity index (χ4v) is 3.62. The molecule has 1 aromatic heterocycles. The molecule has 1 fully saturated rings. The van der Waals surface area contributed by atoms with Crippen LogP contribution in [0, 0.1) is 16.6 Å². The molecule has 0 radical (unpaired) electrons. The molecule has 3 rings (SSSR count). The number of hydrogen-bond acceptors (Lipinski definition) is 2. The Morgan fingerprint density at radius 2 is 2.15 bits per heavy atom. The van der Waals surface area contributed by atoms with Gasteiger partial charge in [0.05, 0.1) is 18.1 Å². The molecule has 1 heterocycles. The highest BCUT2D eigenvalue weighted by Crippen LogP contribution is 2.32. The Hall–Kier alpha value is -1.29. The Balaban J connectivity index is 1.97. The van der Waals surface area contributed by atoms with E-state index in [-0.39, 0.29) is 0 Å². The van der Waals surface area contributed by atoms with E-state index in [1.165, 1.54) is 25.7 Å². The van der Waals surface area contributed by atoms with E-state index in [9.17, 15) is 0 Å². The lowest BCUT2D eigenvalue weighted by molar-refractivity contribution is 0.230. The summed E-state index contributed by atoms with van der Waals surface area (Å²) in [5.41, 5.74) is 2.26. The number of nitrogens with zero attached hydrogens (tertiary/aromatic N) is 1. The first-order valence-electron chi connectivity index (χ1n) is 7.45. The zero-order chi connectivity index (χ0) is 14.1. The average molecular weight is 290 g/mol. The van der Waals surface area contributed by atoms with Crippen LogP contribution in [0.15, 0.2) is 18.2 Å². The average Bonchev–Trinajstić information content (AvgIpc) is 2.77. The maximum absolute atomic E-state index is 5.51. The van der Waals surface area contributed by atoms with Crippen LogP contribution in [0.25, 0.3) is 11.0 Å². The van der Waals surface area contributed by atoms with Crippen molar-refractivity contribution in [1.82, 2.24) is 9.55 Å². The molecule has 1 N–H and O–H groups in total. The van der Waals surface area contributed by atoms with Crippen LogP contribution in [0.1, 0.15) is 32.6 Å². The van der Waals surface area contributed by atoms with E-state index in [1.54, 1.807) is 7.11 Å². The molecule has 108 valence electrons. The first-order valence-corrected chi connectivity index (χ1v) is 7.86. The number of imidazole rings is 1. The highest BCUT2D eigenvalue weighted by Gasteiger charge is 2.22. The van der Waals surface area contributed by atoms with Crippen LogP contribution in [0.3, 0.4) is 0 Å². The summed E-state index contributed by atoms with van der Waals surface area (Å²) in [6.07, 6.45) is 5.40. The van der Waals surface area contributed by atoms with E-state index in [2.05, 4.69) is 22.5 Å². The van der Waals surface area contributed by atoms with Gasteiger partial charge in [0.2, 0.25) is 0 Å². The Morgan fingerprint density at radius 1 is 1.35 bits per heavy atom. The molecule has 2 aromatic rings. The summed E-state index contributed by atoms with van der Waals surface area (Å²) >= 11 is 5.51. The predicted molar refractivity (Wildman–Crippen MR) is 84.8 cm³/mol. The van der Waals surface area contributed by atoms with Crippen molar-refractivity contribution in [2.75, 3.05) is 7.11 Å². The molecule has 1 aromatic carbocycles. The molecule has 1 aliphatic rings. The van der Waals surface area contributed by atoms with Crippen molar-refractivity contribution in [2.24, 2.45) is 11.8 Å². The zero-order valence-electron chi connectivity index (χ0n) is 12.2. The molecule has 2 atom stereocenters. The van der Waals surface area contributed by atoms with Crippen molar-refractivity contribution < 1.29 is 4.74 Å². The van der Waals surface area contributed by atoms with Crippen LogP contribution < -0.4 is 4.74 Å². The van der Waals surface area contributed by atoms with E-state index < -0.39 is 0 Å². The lowest BCUT2D eigenvalue weighted by Gasteiger charge is -2.29. The number of ether oxygens (including phenoxy) is 1. The molecule has 1 saturated carbocycles. The second-order valence-electron chi connectivity index (χ2n) is 5.95. The largest absolute Gasteiger partial charge is 0.497 e. The third-order valence-electron chi connectivity index (χ3n) is 4.69. The van der Waals surface area contributed by atoms with Crippen molar-refractivity contribution in [3.63, 3.8) is 0 Å². The highest BCUT2D eigenvalue weighted by molar-refractivity contribution is 7.71. The van der Waals surface area contributed by atoms with E-state index in [4.69, 9.17) is 17.0 Å². The van der Waals surface area contributed by atoms with Gasteiger partial charge in [-0.3, -0.25) is 0 Å². The second kappa shape index (κ2) is 5.60. The van der Waals surface area contributed by atoms with Crippen LogP contribution >= 0.6 is 12.2 Å². The number of rotatable bonds is 3. The SMILES string of the molecule is COc1ccc2[nH]c(=S)n(CC3CCCCC3C)c2c1. The van der Waals surface area contributed by atoms with Crippen molar-refractivity contribution in [3.05, 3.63) is 23.0 Å². The smallest absolute Gasteiger partial charge is 0.178 e. The third kappa shape index (κ3) is 2.49. The van der Waals surface area contributed by atoms with Gasteiger partial charge in [0, 0.05) is 12.6 Å². The number of benzene rings is 1. The van der Waals surface area contributed by atoms with Gasteiger partial charge in [-0.1, -0.05) is 26.2 Å². The fraction of sp³-hybridized carbons (Fsp3) is 0.562. The molecule has 0 bridgehead atoms. The second-order valence-corrected chi connectivity index (χ2v) is 6.33. The fourth-order valence-electron chi connectivity index (χ4n) is 3.34. The number of nitrogens with one attached hydrogen (secondary N) is 1. The van der Waals surface area contributed by atoms with Crippen molar-refractivity contribution in [3.8, 4) is 5.75 Å². The topological polar surface area (TPSA) is 29.9 Å². The number of aromatic nitrogens is 2. The number of methoxy groups -OCH3 is 1. The molecule has 2 unspecified atom stereocenters. The number of fused-ring (bicyclic) bond motifs is 1. The van der Waals surface area contributed by atoms with Crippen LogP contribution in [0.4, 0.5) is 0 Å². The molecular formula is C16H22N2OS. The maximum atomic E-state index is 5.51. The summed E-state index contributed by atoms with van der Waals surface area (Å²) in [5, 5.41) is 0. The lowest BCUT2D eigenvalue weighted by Crippen LogP contribution is -2.22. The molecule has 20 heavy (non-hydrogen) atoms. The van der Waals surface area contributed by atoms with Gasteiger partial charge in [0.15, 0.2) is 4.77 Å². The minimum absolute atomic E-state index is 0.737. The Morgan fingerprint density at radius 3 is 2.90 bits per heavy atom. The molecule has 4 heteroatoms. The van der Waals surface area contributed by atoms with Crippen LogP contribution in [0.5, 0.6) is 5.75 Å². The first-order chi connectivity index (χ1) is 9.69. The maximum Gasteiger partial charge on any atom is 0.178 e. The molecule has 3 nitrogen and oxygen atoms in total. The minimum Gasteiger partial charge on any atom is -0.497 e. The minimum atomic E-state index is 0.737. The monoisotopic (exact) mass is 290 g/mol. The molecule has 0 spiro atoms. The van der Waals surface area contributed by atoms with Gasteiger partial charge in [-0.2, -0.15) is 0 Å². The predicted octanol–water partition coefficient (Wildman–Crippen LogP) is 4.53. The van der Waals surface area contributed by atoms with Crippen molar-refractivity contribution in [1.29, 1.82) is 0 Å². The molecule has 0 saturated heterocycles. The normalized spacial score (nSPS) is 23.1. The van der Waals surface area contributed by atoms with Crippen LogP contribution in [-0.4, -0.2) is 16.7 Å². The summed E-state index contributed by atoms with van der Waals surface area (Å²) in [6.45, 7) is 3.40. The molecular weight excluding hydrogens is 268 g/mol. The molecule has 0 amide bonds. The van der Waals surface area contributed by atoms with Gasteiger partial charge in [-0.15, -0.1) is 0 Å². The Bertz CT molecular complexity index is 658. The summed E-state index contributed by atoms with van der Waals surface area (Å²) in [4.78, 5) is 3.30. The van der Waals surface area contributed by atoms with Gasteiger partial charge >= 0.3 is 0 Å². The Kier molecular flexibility index (Phi) is 3.83. The number of hydrogen-bond donors (Lipinski definition) is 1. The van der Waals surface area contributed by atoms with E-state index in [0.717, 1.165) is 39.9 Å². The Labute approximate surface area is 125 Å². The van der Waals surface area contributed by atoms with Gasteiger partial charge in [-0.05, 0) is 42.6 Å². The highest BCUT2D eigenvalue weighted by atomic mass is 32.1. The number of H-pyrrole nitrogens is 1. The summed E-state index contributed by atoms with van der Waals surface area (Å²) < 4.78 is 8.41. The van der Waals surface area contributed by atoms with E-state index in [0.29, 0.717) is 0 Å². The summed E-state index contributed by atoms with van der Waals surface area (Å²) in [5.74, 6) is 2.42. The quantitative estimate of drug-likeness (QED) is 0.841. The van der Waals surface area contributed by atoms with Crippen LogP contribution in [-0.2, 0) is 6.54 Å². The van der Waals surface area contributed by atoms with Crippen molar-refractivity contribution >= 4 is 23.3 Å². The van der Waals surface area contributed by atoms with Gasteiger partial charge < -0.3 is 14.3 Å². The molecule has 1 aliphatic carbocycles. The summed E-state index contributed by atoms with van der Waals surface area (Å²) in [6, 6.07) is 6.10. The van der Waals surface area contributed by atoms with Gasteiger partial charge in [-0.25, -0.2) is 0 Å². The van der Waals surface area contributed by atoms with Gasteiger partial charge in [0.1, 0.15) is 5.75 Å². The lowest BCUT2D eigenvalue weighted by atomic mass is 9.80. The number of aromatic amines is 1. The van der Waals surface area contributed by atoms with E-state index >= 15 is 0 Å².